The molecular weight excluding hydrogens is 482 g/mol. The van der Waals surface area contributed by atoms with Gasteiger partial charge in [0, 0.05) is 11.7 Å². The van der Waals surface area contributed by atoms with Crippen LogP contribution in [0.1, 0.15) is 37.6 Å². The topological polar surface area (TPSA) is 75.5 Å². The van der Waals surface area contributed by atoms with Crippen LogP contribution in [0.25, 0.3) is 5.32 Å². The molecule has 2 amide bonds. The fraction of sp³-hybridized carbons (Fsp3) is 0.478. The molecule has 0 fully saturated rings. The maximum absolute atomic E-state index is 13.7. The third-order valence-electron chi connectivity index (χ3n) is 4.27. The van der Waals surface area contributed by atoms with Crippen LogP contribution in [0.3, 0.4) is 0 Å². The fourth-order valence-corrected chi connectivity index (χ4v) is 2.11. The van der Waals surface area contributed by atoms with Gasteiger partial charge in [0.25, 0.3) is 18.2 Å². The van der Waals surface area contributed by atoms with Gasteiger partial charge in [-0.05, 0) is 39.1 Å². The van der Waals surface area contributed by atoms with E-state index in [1.54, 1.807) is 11.9 Å². The average Bonchev–Trinajstić information content (AvgIpc) is 2.79. The van der Waals surface area contributed by atoms with E-state index in [0.29, 0.717) is 20.1 Å². The molecule has 0 aliphatic rings. The Labute approximate surface area is 226 Å². The molecule has 1 unspecified atom stereocenters. The van der Waals surface area contributed by atoms with Crippen LogP contribution in [-0.4, -0.2) is 63.5 Å². The predicted molar refractivity (Wildman–Crippen MR) is 124 cm³/mol. The maximum Gasteiger partial charge on any atom is 1.00 e. The number of amides is 2. The minimum Gasteiger partial charge on any atom is -0.691 e. The van der Waals surface area contributed by atoms with Crippen molar-refractivity contribution in [2.45, 2.75) is 39.7 Å². The van der Waals surface area contributed by atoms with Gasteiger partial charge in [-0.1, -0.05) is 26.5 Å². The molecule has 2 N–H and O–H groups in total. The van der Waals surface area contributed by atoms with Gasteiger partial charge in [-0.25, -0.2) is 17.6 Å². The first-order valence-corrected chi connectivity index (χ1v) is 10.4. The Morgan fingerprint density at radius 1 is 1.17 bits per heavy atom. The molecule has 1 atom stereocenters. The van der Waals surface area contributed by atoms with Gasteiger partial charge >= 0.3 is 29.6 Å². The van der Waals surface area contributed by atoms with Gasteiger partial charge in [-0.3, -0.25) is 14.0 Å². The molecule has 0 radical (unpaired) electrons. The third-order valence-corrected chi connectivity index (χ3v) is 4.27. The van der Waals surface area contributed by atoms with Crippen molar-refractivity contribution in [3.8, 4) is 0 Å². The zero-order chi connectivity index (χ0) is 26.8. The second-order valence-corrected chi connectivity index (χ2v) is 6.86. The second kappa shape index (κ2) is 21.3. The Kier molecular flexibility index (Phi) is 22.9. The molecule has 0 spiro atoms. The fourth-order valence-electron chi connectivity index (χ4n) is 2.11. The zero-order valence-electron chi connectivity index (χ0n) is 21.4. The summed E-state index contributed by atoms with van der Waals surface area (Å²) < 4.78 is 59.7. The van der Waals surface area contributed by atoms with Crippen molar-refractivity contribution in [1.29, 1.82) is 0 Å². The van der Waals surface area contributed by atoms with E-state index in [2.05, 4.69) is 22.5 Å². The molecule has 0 bridgehead atoms. The number of alkyl halides is 3. The van der Waals surface area contributed by atoms with Crippen LogP contribution < -0.4 is 40.2 Å². The molecule has 6 nitrogen and oxygen atoms in total. The van der Waals surface area contributed by atoms with E-state index in [1.807, 2.05) is 20.8 Å². The quantitative estimate of drug-likeness (QED) is 0.216. The number of nitrogens with one attached hydrogen (secondary N) is 2. The second-order valence-electron chi connectivity index (χ2n) is 6.86. The largest absolute Gasteiger partial charge is 1.00 e. The first-order chi connectivity index (χ1) is 16.0. The number of carbonyl (C=O) groups excluding carboxylic acids is 2. The number of hydrogen-bond acceptors (Lipinski definition) is 3. The number of nitrogens with zero attached hydrogens (tertiary/aromatic N) is 2. The van der Waals surface area contributed by atoms with Gasteiger partial charge in [0.1, 0.15) is 17.2 Å². The van der Waals surface area contributed by atoms with Crippen molar-refractivity contribution in [1.82, 2.24) is 15.5 Å². The molecule has 1 aromatic carbocycles. The maximum atomic E-state index is 13.7. The van der Waals surface area contributed by atoms with E-state index in [9.17, 15) is 31.5 Å². The molecule has 12 heteroatoms. The van der Waals surface area contributed by atoms with Crippen molar-refractivity contribution < 1.29 is 61.1 Å². The van der Waals surface area contributed by atoms with E-state index < -0.39 is 35.4 Å². The van der Waals surface area contributed by atoms with Crippen LogP contribution in [-0.2, 0) is 4.79 Å². The van der Waals surface area contributed by atoms with Crippen molar-refractivity contribution in [3.05, 3.63) is 64.8 Å². The number of hydrogen-bond donors (Lipinski definition) is 2. The Bertz CT molecular complexity index is 790. The van der Waals surface area contributed by atoms with Crippen molar-refractivity contribution in [2.24, 2.45) is 0 Å². The van der Waals surface area contributed by atoms with Crippen LogP contribution in [0.15, 0.2) is 42.2 Å². The molecule has 0 heterocycles. The molecule has 0 aliphatic carbocycles. The van der Waals surface area contributed by atoms with Gasteiger partial charge in [-0.15, -0.1) is 7.05 Å². The van der Waals surface area contributed by atoms with Gasteiger partial charge < -0.3 is 20.9 Å². The Morgan fingerprint density at radius 2 is 1.69 bits per heavy atom. The Balaban J connectivity index is -0.000000791. The molecule has 1 rings (SSSR count). The summed E-state index contributed by atoms with van der Waals surface area (Å²) in [6.07, 6.45) is -0.294. The van der Waals surface area contributed by atoms with Gasteiger partial charge in [0.05, 0.1) is 19.3 Å². The van der Waals surface area contributed by atoms with E-state index in [-0.39, 0.29) is 53.4 Å². The van der Waals surface area contributed by atoms with E-state index in [0.717, 1.165) is 18.2 Å². The number of benzene rings is 1. The molecular formula is C23H34F5N4NaO2. The van der Waals surface area contributed by atoms with Crippen LogP contribution >= 0.6 is 0 Å². The zero-order valence-corrected chi connectivity index (χ0v) is 23.4. The summed E-state index contributed by atoms with van der Waals surface area (Å²) in [6, 6.07) is 3.00. The predicted octanol–water partition coefficient (Wildman–Crippen LogP) is 1.80. The smallest absolute Gasteiger partial charge is 0.691 e. The van der Waals surface area contributed by atoms with Crippen molar-refractivity contribution >= 4 is 11.8 Å². The van der Waals surface area contributed by atoms with Crippen LogP contribution in [0.5, 0.6) is 0 Å². The number of carbonyl (C=O) groups is 2. The molecule has 0 aliphatic heterocycles. The van der Waals surface area contributed by atoms with E-state index >= 15 is 0 Å². The van der Waals surface area contributed by atoms with Crippen LogP contribution in [0.2, 0.25) is 0 Å². The minimum absolute atomic E-state index is 0. The molecule has 35 heavy (non-hydrogen) atoms. The molecule has 0 saturated heterocycles. The van der Waals surface area contributed by atoms with Crippen molar-refractivity contribution in [2.75, 3.05) is 34.4 Å². The third kappa shape index (κ3) is 15.6. The molecule has 194 valence electrons. The van der Waals surface area contributed by atoms with Crippen LogP contribution in [0.4, 0.5) is 22.0 Å². The first-order valence-electron chi connectivity index (χ1n) is 10.4. The summed E-state index contributed by atoms with van der Waals surface area (Å²) in [5.74, 6) is -3.54. The summed E-state index contributed by atoms with van der Waals surface area (Å²) in [6.45, 7) is 9.74. The summed E-state index contributed by atoms with van der Waals surface area (Å²) in [4.78, 5) is 25.8. The summed E-state index contributed by atoms with van der Waals surface area (Å²) in [5.41, 5.74) is -0.841. The minimum atomic E-state index is -2.19. The average molecular weight is 517 g/mol. The first kappa shape index (κ1) is 37.6. The number of rotatable bonds is 10. The molecule has 0 aromatic heterocycles. The van der Waals surface area contributed by atoms with E-state index in [1.165, 1.54) is 13.2 Å². The monoisotopic (exact) mass is 516 g/mol. The normalized spacial score (nSPS) is 11.2. The van der Waals surface area contributed by atoms with E-state index in [4.69, 9.17) is 0 Å². The van der Waals surface area contributed by atoms with Crippen molar-refractivity contribution in [3.63, 3.8) is 0 Å². The summed E-state index contributed by atoms with van der Waals surface area (Å²) in [5, 5.41) is 8.68. The Morgan fingerprint density at radius 3 is 2.06 bits per heavy atom. The summed E-state index contributed by atoms with van der Waals surface area (Å²) >= 11 is 0. The molecule has 1 aromatic rings. The van der Waals surface area contributed by atoms with Gasteiger partial charge in [0.15, 0.2) is 0 Å². The Hall–Kier alpha value is -1.95. The molecule has 0 saturated carbocycles. The summed E-state index contributed by atoms with van der Waals surface area (Å²) in [7, 11) is 3.60. The van der Waals surface area contributed by atoms with Gasteiger partial charge in [0.2, 0.25) is 0 Å². The standard InChI is InChI=1S/C17H20F2N3O2.C5H11F2N.CH3F.Na/c1-5-10(2)21-16(23)11(3)14(9-20-4)22-17(24)15-12(18)7-6-8-13(15)19;1-3-8(2)4-5(6)7;1-2;/h6-10H,3,5H2,1-2,4H3,(H,21,23)(H,22,24);5H,3-4H2,1-2H3;1H3;/q-1;;;+1/b14-9-;;;. The number of halogens is 5. The SMILES string of the molecule is C=C(C(=O)NC(C)CC)/C(=C/[N-]C)NC(=O)c1c(F)cccc1F.CCN(C)CC(F)F.CF.[Na+]. The van der Waals surface area contributed by atoms with Crippen LogP contribution in [0, 0.1) is 11.6 Å². The van der Waals surface area contributed by atoms with Gasteiger partial charge in [-0.2, -0.15) is 6.20 Å².